The molecule has 146 valence electrons. The van der Waals surface area contributed by atoms with Crippen molar-refractivity contribution in [1.82, 2.24) is 14.4 Å². The van der Waals surface area contributed by atoms with E-state index in [2.05, 4.69) is 28.0 Å². The number of hydrogen-bond acceptors (Lipinski definition) is 6. The highest BCUT2D eigenvalue weighted by Gasteiger charge is 2.29. The molecule has 0 amide bonds. The molecule has 0 aromatic carbocycles. The Bertz CT molecular complexity index is 1130. The zero-order valence-corrected chi connectivity index (χ0v) is 16.2. The zero-order valence-electron chi connectivity index (χ0n) is 16.2. The van der Waals surface area contributed by atoms with Gasteiger partial charge in [-0.25, -0.2) is 9.97 Å². The number of imidazole rings is 1. The number of nitriles is 1. The van der Waals surface area contributed by atoms with E-state index in [0.717, 1.165) is 42.0 Å². The van der Waals surface area contributed by atoms with Crippen LogP contribution < -0.4 is 5.73 Å². The van der Waals surface area contributed by atoms with Crippen molar-refractivity contribution in [1.29, 1.82) is 5.26 Å². The van der Waals surface area contributed by atoms with Gasteiger partial charge in [0, 0.05) is 66.3 Å². The Morgan fingerprint density at radius 3 is 3.07 bits per heavy atom. The van der Waals surface area contributed by atoms with Crippen molar-refractivity contribution in [2.75, 3.05) is 19.8 Å². The fourth-order valence-corrected chi connectivity index (χ4v) is 3.43. The quantitative estimate of drug-likeness (QED) is 0.679. The maximum atomic E-state index is 9.32. The minimum atomic E-state index is 0.0632. The standard InChI is InChI=1S/C22H22N6O/c1-22(5-9-29-15-22)14-25-13-17(11-23)19-3-2-18(12-24)27-21(19)16-4-7-28-8-6-26-20(28)10-16/h2-4,6-8,10-11,13H,5,9,14-15,23H2,1H3. The molecule has 1 saturated heterocycles. The monoisotopic (exact) mass is 386 g/mol. The summed E-state index contributed by atoms with van der Waals surface area (Å²) in [6, 6.07) is 9.55. The minimum absolute atomic E-state index is 0.0632. The molecule has 1 aliphatic rings. The van der Waals surface area contributed by atoms with Crippen molar-refractivity contribution in [3.8, 4) is 17.3 Å². The molecule has 4 rings (SSSR count). The number of rotatable bonds is 5. The number of pyridine rings is 2. The predicted octanol–water partition coefficient (Wildman–Crippen LogP) is 3.06. The third-order valence-corrected chi connectivity index (χ3v) is 5.18. The molecule has 0 spiro atoms. The first-order valence-corrected chi connectivity index (χ1v) is 9.46. The number of nitrogens with zero attached hydrogens (tertiary/aromatic N) is 5. The smallest absolute Gasteiger partial charge is 0.141 e. The Balaban J connectivity index is 1.71. The molecule has 1 aliphatic heterocycles. The Morgan fingerprint density at radius 1 is 1.41 bits per heavy atom. The SMILES string of the molecule is CC1(CN=CC(=CN)c2ccc(C#N)nc2-c2ccn3ccnc3c2)CCOC1. The number of aliphatic imine (C=N–C) groups is 1. The van der Waals surface area contributed by atoms with Gasteiger partial charge < -0.3 is 14.9 Å². The van der Waals surface area contributed by atoms with Crippen molar-refractivity contribution in [3.63, 3.8) is 0 Å². The molecule has 7 nitrogen and oxygen atoms in total. The van der Waals surface area contributed by atoms with E-state index >= 15 is 0 Å². The highest BCUT2D eigenvalue weighted by Crippen LogP contribution is 2.29. The van der Waals surface area contributed by atoms with Gasteiger partial charge in [-0.1, -0.05) is 6.92 Å². The van der Waals surface area contributed by atoms with Gasteiger partial charge in [-0.15, -0.1) is 0 Å². The Hall–Kier alpha value is -3.50. The summed E-state index contributed by atoms with van der Waals surface area (Å²) in [6.07, 6.45) is 9.85. The number of nitrogens with two attached hydrogens (primary N) is 1. The number of aromatic nitrogens is 3. The first-order chi connectivity index (χ1) is 14.1. The molecule has 1 unspecified atom stereocenters. The van der Waals surface area contributed by atoms with Crippen LogP contribution in [0.15, 0.2) is 54.0 Å². The van der Waals surface area contributed by atoms with E-state index < -0.39 is 0 Å². The lowest BCUT2D eigenvalue weighted by atomic mass is 9.90. The molecule has 2 N–H and O–H groups in total. The van der Waals surface area contributed by atoms with Gasteiger partial charge in [0.2, 0.25) is 0 Å². The number of ether oxygens (including phenoxy) is 1. The summed E-state index contributed by atoms with van der Waals surface area (Å²) in [5.74, 6) is 0. The van der Waals surface area contributed by atoms with Crippen molar-refractivity contribution in [2.24, 2.45) is 16.1 Å². The summed E-state index contributed by atoms with van der Waals surface area (Å²) in [7, 11) is 0. The largest absolute Gasteiger partial charge is 0.404 e. The topological polar surface area (TPSA) is 102 Å². The van der Waals surface area contributed by atoms with Gasteiger partial charge in [-0.05, 0) is 30.7 Å². The summed E-state index contributed by atoms with van der Waals surface area (Å²) in [5, 5.41) is 9.32. The van der Waals surface area contributed by atoms with E-state index in [1.165, 1.54) is 6.20 Å². The summed E-state index contributed by atoms with van der Waals surface area (Å²) in [6.45, 7) is 4.35. The van der Waals surface area contributed by atoms with Gasteiger partial charge in [-0.3, -0.25) is 4.99 Å². The summed E-state index contributed by atoms with van der Waals surface area (Å²) >= 11 is 0. The molecular formula is C22H22N6O. The Kier molecular flexibility index (Phi) is 5.10. The van der Waals surface area contributed by atoms with Gasteiger partial charge in [0.15, 0.2) is 0 Å². The lowest BCUT2D eigenvalue weighted by molar-refractivity contribution is 0.163. The highest BCUT2D eigenvalue weighted by atomic mass is 16.5. The molecule has 3 aromatic heterocycles. The molecule has 7 heteroatoms. The van der Waals surface area contributed by atoms with Crippen LogP contribution in [0.2, 0.25) is 0 Å². The van der Waals surface area contributed by atoms with E-state index in [0.29, 0.717) is 17.9 Å². The maximum Gasteiger partial charge on any atom is 0.141 e. The summed E-state index contributed by atoms with van der Waals surface area (Å²) in [5.41, 5.74) is 10.3. The summed E-state index contributed by atoms with van der Waals surface area (Å²) in [4.78, 5) is 13.5. The molecule has 0 radical (unpaired) electrons. The molecule has 1 atom stereocenters. The van der Waals surface area contributed by atoms with Crippen molar-refractivity contribution in [2.45, 2.75) is 13.3 Å². The predicted molar refractivity (Wildman–Crippen MR) is 112 cm³/mol. The molecule has 0 saturated carbocycles. The first-order valence-electron chi connectivity index (χ1n) is 9.46. The number of allylic oxidation sites excluding steroid dienone is 1. The van der Waals surface area contributed by atoms with Crippen molar-refractivity contribution >= 4 is 17.4 Å². The van der Waals surface area contributed by atoms with Crippen LogP contribution in [0.3, 0.4) is 0 Å². The summed E-state index contributed by atoms with van der Waals surface area (Å²) < 4.78 is 7.42. The van der Waals surface area contributed by atoms with Crippen molar-refractivity contribution in [3.05, 3.63) is 60.3 Å². The fourth-order valence-electron chi connectivity index (χ4n) is 3.43. The average molecular weight is 386 g/mol. The van der Waals surface area contributed by atoms with Gasteiger partial charge in [0.1, 0.15) is 17.4 Å². The average Bonchev–Trinajstić information content (AvgIpc) is 3.39. The molecule has 4 heterocycles. The number of hydrogen-bond donors (Lipinski definition) is 1. The molecule has 0 aliphatic carbocycles. The molecule has 3 aromatic rings. The van der Waals surface area contributed by atoms with E-state index in [1.807, 2.05) is 35.0 Å². The first kappa shape index (κ1) is 18.8. The second-order valence-corrected chi connectivity index (χ2v) is 7.52. The van der Waals surface area contributed by atoms with Crippen LogP contribution in [0, 0.1) is 16.7 Å². The van der Waals surface area contributed by atoms with Crippen LogP contribution >= 0.6 is 0 Å². The van der Waals surface area contributed by atoms with Gasteiger partial charge in [0.25, 0.3) is 0 Å². The second kappa shape index (κ2) is 7.86. The minimum Gasteiger partial charge on any atom is -0.404 e. The molecular weight excluding hydrogens is 364 g/mol. The van der Waals surface area contributed by atoms with E-state index in [-0.39, 0.29) is 5.41 Å². The van der Waals surface area contributed by atoms with Crippen LogP contribution in [0.25, 0.3) is 22.5 Å². The van der Waals surface area contributed by atoms with Crippen molar-refractivity contribution < 1.29 is 4.74 Å². The van der Waals surface area contributed by atoms with Crippen LogP contribution in [0.4, 0.5) is 0 Å². The highest BCUT2D eigenvalue weighted by molar-refractivity contribution is 6.11. The molecule has 29 heavy (non-hydrogen) atoms. The van der Waals surface area contributed by atoms with Crippen LogP contribution in [0.1, 0.15) is 24.6 Å². The van der Waals surface area contributed by atoms with Crippen LogP contribution in [-0.4, -0.2) is 40.3 Å². The van der Waals surface area contributed by atoms with E-state index in [1.54, 1.807) is 18.5 Å². The van der Waals surface area contributed by atoms with Gasteiger partial charge in [0.05, 0.1) is 12.3 Å². The Morgan fingerprint density at radius 2 is 2.31 bits per heavy atom. The van der Waals surface area contributed by atoms with E-state index in [9.17, 15) is 5.26 Å². The van der Waals surface area contributed by atoms with Gasteiger partial charge >= 0.3 is 0 Å². The van der Waals surface area contributed by atoms with E-state index in [4.69, 9.17) is 10.5 Å². The lowest BCUT2D eigenvalue weighted by Crippen LogP contribution is -2.20. The molecule has 1 fully saturated rings. The normalized spacial score (nSPS) is 19.8. The number of fused-ring (bicyclic) bond motifs is 1. The lowest BCUT2D eigenvalue weighted by Gasteiger charge is -2.18. The maximum absolute atomic E-state index is 9.32. The van der Waals surface area contributed by atoms with Crippen LogP contribution in [-0.2, 0) is 4.74 Å². The van der Waals surface area contributed by atoms with Crippen LogP contribution in [0.5, 0.6) is 0 Å². The zero-order chi connectivity index (χ0) is 20.3. The fraction of sp³-hybridized carbons (Fsp3) is 0.273. The molecule has 0 bridgehead atoms. The van der Waals surface area contributed by atoms with Gasteiger partial charge in [-0.2, -0.15) is 5.26 Å². The Labute approximate surface area is 169 Å². The third-order valence-electron chi connectivity index (χ3n) is 5.18. The second-order valence-electron chi connectivity index (χ2n) is 7.52. The third kappa shape index (κ3) is 3.89.